The highest BCUT2D eigenvalue weighted by molar-refractivity contribution is 6.07. The number of benzene rings is 2. The summed E-state index contributed by atoms with van der Waals surface area (Å²) in [6.45, 7) is 1.50. The zero-order valence-electron chi connectivity index (χ0n) is 15.5. The molecule has 2 heterocycles. The standard InChI is InChI=1S/C20H18FN5O3/c1-11(27)22-13-4-2-5-14(9-13)23-20(29)12-8-17(28)26(10-12)19-18-15(21)6-3-7-16(18)24-25-19/h2-7,9,12H,8,10H2,1H3,(H,22,27)(H,23,29)(H,24,25)/t12-/m0/s1. The average Bonchev–Trinajstić information content (AvgIpc) is 3.25. The largest absolute Gasteiger partial charge is 0.326 e. The number of halogens is 1. The molecule has 1 fully saturated rings. The first-order chi connectivity index (χ1) is 13.9. The van der Waals surface area contributed by atoms with E-state index in [9.17, 15) is 18.8 Å². The van der Waals surface area contributed by atoms with Crippen molar-refractivity contribution in [1.82, 2.24) is 10.2 Å². The van der Waals surface area contributed by atoms with Crippen LogP contribution in [-0.4, -0.2) is 34.5 Å². The van der Waals surface area contributed by atoms with E-state index in [1.54, 1.807) is 36.4 Å². The Morgan fingerprint density at radius 3 is 2.66 bits per heavy atom. The highest BCUT2D eigenvalue weighted by atomic mass is 19.1. The minimum Gasteiger partial charge on any atom is -0.326 e. The van der Waals surface area contributed by atoms with Gasteiger partial charge in [0.2, 0.25) is 17.7 Å². The Morgan fingerprint density at radius 1 is 1.17 bits per heavy atom. The Labute approximate surface area is 165 Å². The number of aromatic amines is 1. The smallest absolute Gasteiger partial charge is 0.229 e. The van der Waals surface area contributed by atoms with Crippen LogP contribution in [0.2, 0.25) is 0 Å². The molecule has 1 aliphatic heterocycles. The van der Waals surface area contributed by atoms with Crippen LogP contribution in [0.3, 0.4) is 0 Å². The molecule has 8 nitrogen and oxygen atoms in total. The van der Waals surface area contributed by atoms with Crippen molar-refractivity contribution in [1.29, 1.82) is 0 Å². The zero-order valence-corrected chi connectivity index (χ0v) is 15.5. The van der Waals surface area contributed by atoms with Crippen LogP contribution in [-0.2, 0) is 14.4 Å². The molecule has 1 saturated heterocycles. The SMILES string of the molecule is CC(=O)Nc1cccc(NC(=O)[C@H]2CC(=O)N(c3n[nH]c4cccc(F)c34)C2)c1. The van der Waals surface area contributed by atoms with Gasteiger partial charge in [-0.2, -0.15) is 5.10 Å². The lowest BCUT2D eigenvalue weighted by atomic mass is 10.1. The molecule has 1 aliphatic rings. The number of hydrogen-bond acceptors (Lipinski definition) is 4. The van der Waals surface area contributed by atoms with Crippen molar-refractivity contribution in [2.75, 3.05) is 22.1 Å². The topological polar surface area (TPSA) is 107 Å². The molecular weight excluding hydrogens is 377 g/mol. The molecule has 1 aromatic heterocycles. The van der Waals surface area contributed by atoms with Gasteiger partial charge in [0.15, 0.2) is 5.82 Å². The summed E-state index contributed by atoms with van der Waals surface area (Å²) in [4.78, 5) is 37.7. The second-order valence-corrected chi connectivity index (χ2v) is 6.87. The fourth-order valence-electron chi connectivity index (χ4n) is 3.42. The van der Waals surface area contributed by atoms with Gasteiger partial charge in [-0.3, -0.25) is 24.4 Å². The lowest BCUT2D eigenvalue weighted by molar-refractivity contribution is -0.122. The van der Waals surface area contributed by atoms with E-state index < -0.39 is 11.7 Å². The molecule has 0 radical (unpaired) electrons. The van der Waals surface area contributed by atoms with Crippen molar-refractivity contribution in [2.24, 2.45) is 5.92 Å². The van der Waals surface area contributed by atoms with E-state index in [1.807, 2.05) is 0 Å². The third-order valence-corrected chi connectivity index (χ3v) is 4.72. The van der Waals surface area contributed by atoms with Crippen molar-refractivity contribution in [3.8, 4) is 0 Å². The molecule has 0 aliphatic carbocycles. The Bertz CT molecular complexity index is 1130. The molecule has 0 saturated carbocycles. The molecule has 4 rings (SSSR count). The molecule has 29 heavy (non-hydrogen) atoms. The summed E-state index contributed by atoms with van der Waals surface area (Å²) in [5, 5.41) is 12.4. The Hall–Kier alpha value is -3.75. The maximum Gasteiger partial charge on any atom is 0.229 e. The summed E-state index contributed by atoms with van der Waals surface area (Å²) in [6, 6.07) is 11.2. The van der Waals surface area contributed by atoms with Gasteiger partial charge in [0, 0.05) is 31.3 Å². The number of carbonyl (C=O) groups excluding carboxylic acids is 3. The first-order valence-electron chi connectivity index (χ1n) is 9.04. The van der Waals surface area contributed by atoms with Crippen LogP contribution in [0.25, 0.3) is 10.9 Å². The quantitative estimate of drug-likeness (QED) is 0.631. The molecule has 0 bridgehead atoms. The first kappa shape index (κ1) is 18.6. The molecule has 148 valence electrons. The van der Waals surface area contributed by atoms with Crippen molar-refractivity contribution in [2.45, 2.75) is 13.3 Å². The molecule has 1 atom stereocenters. The number of rotatable bonds is 4. The predicted octanol–water partition coefficient (Wildman–Crippen LogP) is 2.65. The molecule has 3 N–H and O–H groups in total. The average molecular weight is 395 g/mol. The number of aromatic nitrogens is 2. The fourth-order valence-corrected chi connectivity index (χ4v) is 3.42. The van der Waals surface area contributed by atoms with E-state index in [-0.39, 0.29) is 41.9 Å². The third kappa shape index (κ3) is 3.66. The Morgan fingerprint density at radius 2 is 1.90 bits per heavy atom. The molecule has 2 aromatic carbocycles. The van der Waals surface area contributed by atoms with E-state index in [1.165, 1.54) is 17.9 Å². The van der Waals surface area contributed by atoms with Crippen LogP contribution in [0.1, 0.15) is 13.3 Å². The number of nitrogens with one attached hydrogen (secondary N) is 3. The number of amides is 3. The number of fused-ring (bicyclic) bond motifs is 1. The lowest BCUT2D eigenvalue weighted by Gasteiger charge is -2.15. The van der Waals surface area contributed by atoms with Gasteiger partial charge >= 0.3 is 0 Å². The van der Waals surface area contributed by atoms with E-state index >= 15 is 0 Å². The van der Waals surface area contributed by atoms with E-state index in [4.69, 9.17) is 0 Å². The molecule has 3 amide bonds. The summed E-state index contributed by atoms with van der Waals surface area (Å²) in [5.41, 5.74) is 1.54. The predicted molar refractivity (Wildman–Crippen MR) is 106 cm³/mol. The van der Waals surface area contributed by atoms with Crippen molar-refractivity contribution in [3.05, 3.63) is 48.3 Å². The minimum atomic E-state index is -0.606. The zero-order chi connectivity index (χ0) is 20.5. The number of anilines is 3. The summed E-state index contributed by atoms with van der Waals surface area (Å²) >= 11 is 0. The summed E-state index contributed by atoms with van der Waals surface area (Å²) in [6.07, 6.45) is 0.0000257. The van der Waals surface area contributed by atoms with E-state index in [0.717, 1.165) is 0 Å². The van der Waals surface area contributed by atoms with Gasteiger partial charge in [0.1, 0.15) is 5.82 Å². The third-order valence-electron chi connectivity index (χ3n) is 4.72. The van der Waals surface area contributed by atoms with E-state index in [0.29, 0.717) is 16.9 Å². The molecule has 9 heteroatoms. The fraction of sp³-hybridized carbons (Fsp3) is 0.200. The van der Waals surface area contributed by atoms with Crippen LogP contribution in [0.15, 0.2) is 42.5 Å². The Kier molecular flexibility index (Phi) is 4.71. The highest BCUT2D eigenvalue weighted by Crippen LogP contribution is 2.31. The van der Waals surface area contributed by atoms with Crippen molar-refractivity contribution in [3.63, 3.8) is 0 Å². The molecule has 0 spiro atoms. The van der Waals surface area contributed by atoms with Gasteiger partial charge in [-0.25, -0.2) is 4.39 Å². The van der Waals surface area contributed by atoms with Gasteiger partial charge in [-0.1, -0.05) is 12.1 Å². The second-order valence-electron chi connectivity index (χ2n) is 6.87. The number of nitrogens with zero attached hydrogens (tertiary/aromatic N) is 2. The normalized spacial score (nSPS) is 16.3. The number of carbonyl (C=O) groups is 3. The minimum absolute atomic E-state index is 0.0000257. The first-order valence-corrected chi connectivity index (χ1v) is 9.04. The van der Waals surface area contributed by atoms with Crippen LogP contribution < -0.4 is 15.5 Å². The summed E-state index contributed by atoms with van der Waals surface area (Å²) in [5.74, 6) is -1.75. The molecule has 3 aromatic rings. The van der Waals surface area contributed by atoms with Gasteiger partial charge in [0.25, 0.3) is 0 Å². The van der Waals surface area contributed by atoms with E-state index in [2.05, 4.69) is 20.8 Å². The van der Waals surface area contributed by atoms with Crippen LogP contribution in [0, 0.1) is 11.7 Å². The maximum atomic E-state index is 14.2. The Balaban J connectivity index is 1.50. The molecular formula is C20H18FN5O3. The van der Waals surface area contributed by atoms with Crippen LogP contribution in [0.5, 0.6) is 0 Å². The van der Waals surface area contributed by atoms with Crippen molar-refractivity contribution >= 4 is 45.8 Å². The lowest BCUT2D eigenvalue weighted by Crippen LogP contribution is -2.28. The van der Waals surface area contributed by atoms with Crippen LogP contribution >= 0.6 is 0 Å². The molecule has 0 unspecified atom stereocenters. The van der Waals surface area contributed by atoms with Gasteiger partial charge < -0.3 is 10.6 Å². The van der Waals surface area contributed by atoms with Crippen molar-refractivity contribution < 1.29 is 18.8 Å². The van der Waals surface area contributed by atoms with Gasteiger partial charge in [-0.05, 0) is 30.3 Å². The number of H-pyrrole nitrogens is 1. The number of hydrogen-bond donors (Lipinski definition) is 3. The van der Waals surface area contributed by atoms with Gasteiger partial charge in [-0.15, -0.1) is 0 Å². The second kappa shape index (κ2) is 7.34. The van der Waals surface area contributed by atoms with Gasteiger partial charge in [0.05, 0.1) is 16.8 Å². The monoisotopic (exact) mass is 395 g/mol. The maximum absolute atomic E-state index is 14.2. The summed E-state index contributed by atoms with van der Waals surface area (Å²) < 4.78 is 14.2. The highest BCUT2D eigenvalue weighted by Gasteiger charge is 2.37. The van der Waals surface area contributed by atoms with Crippen LogP contribution in [0.4, 0.5) is 21.6 Å². The summed E-state index contributed by atoms with van der Waals surface area (Å²) in [7, 11) is 0.